The van der Waals surface area contributed by atoms with Crippen molar-refractivity contribution >= 4 is 0 Å². The van der Waals surface area contributed by atoms with Gasteiger partial charge in [-0.15, -0.1) is 0 Å². The molecule has 5 heteroatoms. The van der Waals surface area contributed by atoms with Crippen molar-refractivity contribution < 1.29 is 17.9 Å². The van der Waals surface area contributed by atoms with Crippen LogP contribution >= 0.6 is 0 Å². The molecule has 1 heterocycles. The van der Waals surface area contributed by atoms with Gasteiger partial charge in [0.05, 0.1) is 12.0 Å². The number of hydrogen-bond acceptors (Lipinski definition) is 2. The first-order valence-electron chi connectivity index (χ1n) is 7.80. The van der Waals surface area contributed by atoms with Gasteiger partial charge in [-0.25, -0.2) is 0 Å². The number of rotatable bonds is 3. The summed E-state index contributed by atoms with van der Waals surface area (Å²) in [6, 6.07) is 0.333. The fraction of sp³-hybridized carbons (Fsp3) is 1.00. The molecule has 0 bridgehead atoms. The number of nitrogens with one attached hydrogen (secondary N) is 1. The highest BCUT2D eigenvalue weighted by Crippen LogP contribution is 2.38. The molecule has 0 aromatic carbocycles. The maximum absolute atomic E-state index is 12.8. The molecule has 1 aliphatic heterocycles. The van der Waals surface area contributed by atoms with Gasteiger partial charge >= 0.3 is 6.18 Å². The lowest BCUT2D eigenvalue weighted by Gasteiger charge is -2.37. The molecular weight excluding hydrogens is 267 g/mol. The van der Waals surface area contributed by atoms with Gasteiger partial charge in [0.25, 0.3) is 0 Å². The van der Waals surface area contributed by atoms with Crippen LogP contribution in [-0.2, 0) is 4.74 Å². The van der Waals surface area contributed by atoms with E-state index in [9.17, 15) is 13.2 Å². The summed E-state index contributed by atoms with van der Waals surface area (Å²) in [5.74, 6) is -0.650. The van der Waals surface area contributed by atoms with E-state index >= 15 is 0 Å². The van der Waals surface area contributed by atoms with Crippen LogP contribution in [0.1, 0.15) is 52.4 Å². The predicted octanol–water partition coefficient (Wildman–Crippen LogP) is 3.90. The Morgan fingerprint density at radius 3 is 2.40 bits per heavy atom. The zero-order valence-electron chi connectivity index (χ0n) is 12.4. The maximum atomic E-state index is 12.8. The topological polar surface area (TPSA) is 21.3 Å². The van der Waals surface area contributed by atoms with E-state index in [4.69, 9.17) is 4.74 Å². The van der Waals surface area contributed by atoms with Gasteiger partial charge in [-0.1, -0.05) is 20.3 Å². The highest BCUT2D eigenvalue weighted by atomic mass is 19.4. The van der Waals surface area contributed by atoms with Crippen LogP contribution in [0.2, 0.25) is 0 Å². The Morgan fingerprint density at radius 1 is 1.05 bits per heavy atom. The molecule has 0 spiro atoms. The lowest BCUT2D eigenvalue weighted by molar-refractivity contribution is -0.184. The van der Waals surface area contributed by atoms with E-state index in [1.807, 2.05) is 0 Å². The van der Waals surface area contributed by atoms with Crippen molar-refractivity contribution in [1.29, 1.82) is 0 Å². The van der Waals surface area contributed by atoms with Crippen LogP contribution in [0.15, 0.2) is 0 Å². The maximum Gasteiger partial charge on any atom is 0.391 e. The molecule has 1 aliphatic carbocycles. The number of halogens is 3. The smallest absolute Gasteiger partial charge is 0.378 e. The third kappa shape index (κ3) is 4.35. The highest BCUT2D eigenvalue weighted by Gasteiger charge is 2.42. The summed E-state index contributed by atoms with van der Waals surface area (Å²) < 4.78 is 44.2. The fourth-order valence-electron chi connectivity index (χ4n) is 3.42. The van der Waals surface area contributed by atoms with E-state index in [1.54, 1.807) is 0 Å². The van der Waals surface area contributed by atoms with E-state index in [-0.39, 0.29) is 18.6 Å². The second-order valence-electron chi connectivity index (χ2n) is 6.64. The SMILES string of the molecule is CC(C)C1CC(NC2CCCC(C(F)(F)F)C2)CCO1. The molecule has 4 unspecified atom stereocenters. The van der Waals surface area contributed by atoms with Gasteiger partial charge in [-0.2, -0.15) is 13.2 Å². The molecule has 1 saturated heterocycles. The zero-order chi connectivity index (χ0) is 14.8. The van der Waals surface area contributed by atoms with Gasteiger partial charge in [0, 0.05) is 18.7 Å². The third-order valence-corrected chi connectivity index (χ3v) is 4.67. The first-order chi connectivity index (χ1) is 9.36. The van der Waals surface area contributed by atoms with Gasteiger partial charge < -0.3 is 10.1 Å². The van der Waals surface area contributed by atoms with Gasteiger partial charge in [-0.3, -0.25) is 0 Å². The van der Waals surface area contributed by atoms with Crippen LogP contribution in [0.25, 0.3) is 0 Å². The van der Waals surface area contributed by atoms with E-state index in [0.29, 0.717) is 24.8 Å². The summed E-state index contributed by atoms with van der Waals surface area (Å²) in [5.41, 5.74) is 0. The summed E-state index contributed by atoms with van der Waals surface area (Å²) in [5, 5.41) is 3.46. The Morgan fingerprint density at radius 2 is 1.75 bits per heavy atom. The largest absolute Gasteiger partial charge is 0.391 e. The Kier molecular flexibility index (Phi) is 5.35. The normalized spacial score (nSPS) is 36.3. The van der Waals surface area contributed by atoms with Crippen molar-refractivity contribution in [3.05, 3.63) is 0 Å². The summed E-state index contributed by atoms with van der Waals surface area (Å²) in [4.78, 5) is 0. The molecule has 1 N–H and O–H groups in total. The Bertz CT molecular complexity index is 306. The molecule has 1 saturated carbocycles. The Labute approximate surface area is 119 Å². The number of alkyl halides is 3. The molecule has 2 nitrogen and oxygen atoms in total. The van der Waals surface area contributed by atoms with Gasteiger partial charge in [0.2, 0.25) is 0 Å². The van der Waals surface area contributed by atoms with Crippen LogP contribution < -0.4 is 5.32 Å². The standard InChI is InChI=1S/C15H26F3NO/c1-10(2)14-9-13(6-7-20-14)19-12-5-3-4-11(8-12)15(16,17)18/h10-14,19H,3-9H2,1-2H3. The van der Waals surface area contributed by atoms with Crippen LogP contribution in [0.3, 0.4) is 0 Å². The molecule has 2 aliphatic rings. The third-order valence-electron chi connectivity index (χ3n) is 4.67. The minimum atomic E-state index is -4.03. The molecule has 20 heavy (non-hydrogen) atoms. The van der Waals surface area contributed by atoms with Crippen LogP contribution in [-0.4, -0.2) is 31.0 Å². The molecule has 118 valence electrons. The van der Waals surface area contributed by atoms with E-state index in [1.165, 1.54) is 0 Å². The van der Waals surface area contributed by atoms with Gasteiger partial charge in [0.15, 0.2) is 0 Å². The second kappa shape index (κ2) is 6.65. The van der Waals surface area contributed by atoms with Gasteiger partial charge in [0.1, 0.15) is 0 Å². The van der Waals surface area contributed by atoms with Crippen molar-refractivity contribution in [3.63, 3.8) is 0 Å². The number of ether oxygens (including phenoxy) is 1. The van der Waals surface area contributed by atoms with E-state index in [0.717, 1.165) is 25.9 Å². The van der Waals surface area contributed by atoms with Crippen molar-refractivity contribution in [1.82, 2.24) is 5.32 Å². The minimum Gasteiger partial charge on any atom is -0.378 e. The summed E-state index contributed by atoms with van der Waals surface area (Å²) in [6.45, 7) is 4.98. The predicted molar refractivity (Wildman–Crippen MR) is 72.5 cm³/mol. The average molecular weight is 293 g/mol. The molecular formula is C15H26F3NO. The van der Waals surface area contributed by atoms with Gasteiger partial charge in [-0.05, 0) is 38.0 Å². The van der Waals surface area contributed by atoms with Crippen molar-refractivity contribution in [2.45, 2.75) is 76.7 Å². The summed E-state index contributed by atoms with van der Waals surface area (Å²) in [7, 11) is 0. The molecule has 2 rings (SSSR count). The summed E-state index contributed by atoms with van der Waals surface area (Å²) in [6.07, 6.45) is 0.132. The van der Waals surface area contributed by atoms with Crippen molar-refractivity contribution in [2.24, 2.45) is 11.8 Å². The van der Waals surface area contributed by atoms with E-state index in [2.05, 4.69) is 19.2 Å². The quantitative estimate of drug-likeness (QED) is 0.852. The Balaban J connectivity index is 1.83. The first kappa shape index (κ1) is 16.1. The molecule has 2 fully saturated rings. The molecule has 0 amide bonds. The monoisotopic (exact) mass is 293 g/mol. The summed E-state index contributed by atoms with van der Waals surface area (Å²) >= 11 is 0. The lowest BCUT2D eigenvalue weighted by atomic mass is 9.84. The molecule has 0 radical (unpaired) electrons. The minimum absolute atomic E-state index is 0.0197. The van der Waals surface area contributed by atoms with Crippen LogP contribution in [0.4, 0.5) is 13.2 Å². The fourth-order valence-corrected chi connectivity index (χ4v) is 3.42. The zero-order valence-corrected chi connectivity index (χ0v) is 12.4. The Hall–Kier alpha value is -0.290. The van der Waals surface area contributed by atoms with E-state index < -0.39 is 12.1 Å². The first-order valence-corrected chi connectivity index (χ1v) is 7.80. The second-order valence-corrected chi connectivity index (χ2v) is 6.64. The lowest BCUT2D eigenvalue weighted by Crippen LogP contribution is -2.47. The van der Waals surface area contributed by atoms with Crippen molar-refractivity contribution in [2.75, 3.05) is 6.61 Å². The highest BCUT2D eigenvalue weighted by molar-refractivity contribution is 4.86. The van der Waals surface area contributed by atoms with Crippen molar-refractivity contribution in [3.8, 4) is 0 Å². The molecule has 0 aromatic heterocycles. The average Bonchev–Trinajstić information content (AvgIpc) is 2.38. The molecule has 0 aromatic rings. The number of hydrogen-bond donors (Lipinski definition) is 1. The van der Waals surface area contributed by atoms with Crippen LogP contribution in [0, 0.1) is 11.8 Å². The molecule has 4 atom stereocenters. The van der Waals surface area contributed by atoms with Crippen LogP contribution in [0.5, 0.6) is 0 Å².